The summed E-state index contributed by atoms with van der Waals surface area (Å²) >= 11 is 6.26. The zero-order valence-electron chi connectivity index (χ0n) is 12.9. The van der Waals surface area contributed by atoms with Crippen molar-refractivity contribution < 1.29 is 4.79 Å². The minimum Gasteiger partial charge on any atom is -0.338 e. The van der Waals surface area contributed by atoms with E-state index in [1.54, 1.807) is 0 Å². The molecule has 1 unspecified atom stereocenters. The third-order valence-electron chi connectivity index (χ3n) is 4.91. The SMILES string of the molecule is CC(c1ccccc1Cl)N(C)C(=O)C1(CN)CCCCC1. The van der Waals surface area contributed by atoms with Gasteiger partial charge in [-0.1, -0.05) is 49.1 Å². The van der Waals surface area contributed by atoms with E-state index in [-0.39, 0.29) is 17.4 Å². The predicted octanol–water partition coefficient (Wildman–Crippen LogP) is 3.77. The molecule has 1 aromatic carbocycles. The van der Waals surface area contributed by atoms with Crippen LogP contribution in [0.15, 0.2) is 24.3 Å². The maximum Gasteiger partial charge on any atom is 0.230 e. The standard InChI is InChI=1S/C17H25ClN2O/c1-13(14-8-4-5-9-15(14)18)20(2)16(21)17(12-19)10-6-3-7-11-17/h4-5,8-9,13H,3,6-7,10-12,19H2,1-2H3. The molecule has 1 aliphatic carbocycles. The topological polar surface area (TPSA) is 46.3 Å². The first-order chi connectivity index (χ1) is 10.0. The number of hydrogen-bond acceptors (Lipinski definition) is 2. The number of benzene rings is 1. The fourth-order valence-corrected chi connectivity index (χ4v) is 3.60. The Kier molecular flexibility index (Phi) is 5.28. The van der Waals surface area contributed by atoms with E-state index in [2.05, 4.69) is 0 Å². The Morgan fingerprint density at radius 3 is 2.52 bits per heavy atom. The van der Waals surface area contributed by atoms with Crippen LogP contribution in [-0.4, -0.2) is 24.4 Å². The summed E-state index contributed by atoms with van der Waals surface area (Å²) in [6.45, 7) is 2.46. The summed E-state index contributed by atoms with van der Waals surface area (Å²) in [5.41, 5.74) is 6.58. The fraction of sp³-hybridized carbons (Fsp3) is 0.588. The van der Waals surface area contributed by atoms with Crippen LogP contribution in [0.2, 0.25) is 5.02 Å². The lowest BCUT2D eigenvalue weighted by atomic mass is 9.73. The van der Waals surface area contributed by atoms with Gasteiger partial charge < -0.3 is 10.6 Å². The Morgan fingerprint density at radius 2 is 1.95 bits per heavy atom. The van der Waals surface area contributed by atoms with E-state index < -0.39 is 0 Å². The van der Waals surface area contributed by atoms with Crippen molar-refractivity contribution in [1.82, 2.24) is 4.90 Å². The van der Waals surface area contributed by atoms with E-state index in [1.807, 2.05) is 43.1 Å². The van der Waals surface area contributed by atoms with Crippen LogP contribution < -0.4 is 5.73 Å². The molecule has 21 heavy (non-hydrogen) atoms. The fourth-order valence-electron chi connectivity index (χ4n) is 3.31. The summed E-state index contributed by atoms with van der Waals surface area (Å²) in [7, 11) is 1.86. The minimum absolute atomic E-state index is 0.0449. The van der Waals surface area contributed by atoms with Gasteiger partial charge >= 0.3 is 0 Å². The van der Waals surface area contributed by atoms with Crippen LogP contribution in [0.4, 0.5) is 0 Å². The molecule has 1 aromatic rings. The molecular formula is C17H25ClN2O. The van der Waals surface area contributed by atoms with Crippen molar-refractivity contribution >= 4 is 17.5 Å². The molecule has 1 aliphatic rings. The number of halogens is 1. The van der Waals surface area contributed by atoms with E-state index in [1.165, 1.54) is 6.42 Å². The number of amides is 1. The van der Waals surface area contributed by atoms with Crippen molar-refractivity contribution in [3.63, 3.8) is 0 Å². The molecule has 0 spiro atoms. The highest BCUT2D eigenvalue weighted by atomic mass is 35.5. The number of rotatable bonds is 4. The average Bonchev–Trinajstić information content (AvgIpc) is 2.54. The molecule has 2 N–H and O–H groups in total. The summed E-state index contributed by atoms with van der Waals surface area (Å²) in [4.78, 5) is 14.8. The Balaban J connectivity index is 2.20. The van der Waals surface area contributed by atoms with Gasteiger partial charge in [0.15, 0.2) is 0 Å². The molecule has 3 nitrogen and oxygen atoms in total. The average molecular weight is 309 g/mol. The second-order valence-corrected chi connectivity index (χ2v) is 6.57. The molecule has 0 radical (unpaired) electrons. The van der Waals surface area contributed by atoms with Gasteiger partial charge in [-0.25, -0.2) is 0 Å². The molecule has 1 amide bonds. The van der Waals surface area contributed by atoms with E-state index >= 15 is 0 Å². The van der Waals surface area contributed by atoms with Gasteiger partial charge in [-0.2, -0.15) is 0 Å². The molecule has 1 atom stereocenters. The Bertz CT molecular complexity index is 497. The maximum absolute atomic E-state index is 13.0. The van der Waals surface area contributed by atoms with Crippen molar-refractivity contribution in [3.05, 3.63) is 34.9 Å². The van der Waals surface area contributed by atoms with Gasteiger partial charge in [-0.3, -0.25) is 4.79 Å². The van der Waals surface area contributed by atoms with E-state index in [0.717, 1.165) is 31.2 Å². The highest BCUT2D eigenvalue weighted by Gasteiger charge is 2.41. The van der Waals surface area contributed by atoms with Gasteiger partial charge in [0.05, 0.1) is 11.5 Å². The molecule has 2 rings (SSSR count). The van der Waals surface area contributed by atoms with E-state index in [4.69, 9.17) is 17.3 Å². The Labute approximate surface area is 132 Å². The lowest BCUT2D eigenvalue weighted by molar-refractivity contribution is -0.144. The molecule has 1 fully saturated rings. The first-order valence-electron chi connectivity index (χ1n) is 7.73. The van der Waals surface area contributed by atoms with Gasteiger partial charge in [0.2, 0.25) is 5.91 Å². The van der Waals surface area contributed by atoms with Crippen LogP contribution in [0.5, 0.6) is 0 Å². The Morgan fingerprint density at radius 1 is 1.33 bits per heavy atom. The largest absolute Gasteiger partial charge is 0.338 e. The summed E-state index contributed by atoms with van der Waals surface area (Å²) in [5.74, 6) is 0.164. The quantitative estimate of drug-likeness (QED) is 0.920. The first-order valence-corrected chi connectivity index (χ1v) is 8.11. The molecule has 0 heterocycles. The highest BCUT2D eigenvalue weighted by Crippen LogP contribution is 2.39. The summed E-state index contributed by atoms with van der Waals surface area (Å²) in [6, 6.07) is 7.66. The summed E-state index contributed by atoms with van der Waals surface area (Å²) in [6.07, 6.45) is 5.21. The third kappa shape index (κ3) is 3.24. The third-order valence-corrected chi connectivity index (χ3v) is 5.26. The van der Waals surface area contributed by atoms with Crippen LogP contribution >= 0.6 is 11.6 Å². The van der Waals surface area contributed by atoms with Crippen LogP contribution in [0.1, 0.15) is 50.6 Å². The van der Waals surface area contributed by atoms with Gasteiger partial charge in [0, 0.05) is 18.6 Å². The molecular weight excluding hydrogens is 284 g/mol. The lowest BCUT2D eigenvalue weighted by Crippen LogP contribution is -2.48. The van der Waals surface area contributed by atoms with Crippen LogP contribution in [-0.2, 0) is 4.79 Å². The monoisotopic (exact) mass is 308 g/mol. The van der Waals surface area contributed by atoms with Gasteiger partial charge in [-0.05, 0) is 31.4 Å². The van der Waals surface area contributed by atoms with Crippen molar-refractivity contribution in [2.75, 3.05) is 13.6 Å². The minimum atomic E-state index is -0.373. The Hall–Kier alpha value is -1.06. The van der Waals surface area contributed by atoms with E-state index in [9.17, 15) is 4.79 Å². The normalized spacial score (nSPS) is 19.0. The summed E-state index contributed by atoms with van der Waals surface area (Å²) in [5, 5.41) is 0.704. The molecule has 1 saturated carbocycles. The van der Waals surface area contributed by atoms with Crippen molar-refractivity contribution in [1.29, 1.82) is 0 Å². The van der Waals surface area contributed by atoms with Crippen molar-refractivity contribution in [3.8, 4) is 0 Å². The molecule has 0 saturated heterocycles. The maximum atomic E-state index is 13.0. The second-order valence-electron chi connectivity index (χ2n) is 6.16. The zero-order chi connectivity index (χ0) is 15.5. The predicted molar refractivity (Wildman–Crippen MR) is 87.2 cm³/mol. The first kappa shape index (κ1) is 16.3. The number of nitrogens with zero attached hydrogens (tertiary/aromatic N) is 1. The van der Waals surface area contributed by atoms with Crippen molar-refractivity contribution in [2.45, 2.75) is 45.1 Å². The lowest BCUT2D eigenvalue weighted by Gasteiger charge is -2.40. The summed E-state index contributed by atoms with van der Waals surface area (Å²) < 4.78 is 0. The van der Waals surface area contributed by atoms with Crippen molar-refractivity contribution in [2.24, 2.45) is 11.1 Å². The molecule has 0 bridgehead atoms. The van der Waals surface area contributed by atoms with Crippen LogP contribution in [0.3, 0.4) is 0 Å². The van der Waals surface area contributed by atoms with Crippen LogP contribution in [0.25, 0.3) is 0 Å². The number of carbonyl (C=O) groups is 1. The van der Waals surface area contributed by atoms with Gasteiger partial charge in [0.1, 0.15) is 0 Å². The number of nitrogens with two attached hydrogens (primary N) is 1. The highest BCUT2D eigenvalue weighted by molar-refractivity contribution is 6.31. The van der Waals surface area contributed by atoms with Gasteiger partial charge in [-0.15, -0.1) is 0 Å². The molecule has 116 valence electrons. The number of carbonyl (C=O) groups excluding carboxylic acids is 1. The molecule has 0 aromatic heterocycles. The van der Waals surface area contributed by atoms with Gasteiger partial charge in [0.25, 0.3) is 0 Å². The second kappa shape index (κ2) is 6.80. The smallest absolute Gasteiger partial charge is 0.230 e. The van der Waals surface area contributed by atoms with Crippen LogP contribution in [0, 0.1) is 5.41 Å². The number of hydrogen-bond donors (Lipinski definition) is 1. The molecule has 0 aliphatic heterocycles. The molecule has 4 heteroatoms. The zero-order valence-corrected chi connectivity index (χ0v) is 13.7. The van der Waals surface area contributed by atoms with E-state index in [0.29, 0.717) is 11.6 Å².